The monoisotopic (exact) mass is 286 g/mol. The molecule has 1 atom stereocenters. The second kappa shape index (κ2) is 4.55. The van der Waals surface area contributed by atoms with Crippen molar-refractivity contribution >= 4 is 34.8 Å². The predicted molar refractivity (Wildman–Crippen MR) is 71.6 cm³/mol. The van der Waals surface area contributed by atoms with Crippen molar-refractivity contribution in [3.63, 3.8) is 0 Å². The summed E-state index contributed by atoms with van der Waals surface area (Å²) in [6.45, 7) is 5.62. The standard InChI is InChI=1S/C12H15ClN2O2S/c1-7-10(16)15(12(2,3)11(17)14-7)6-8-4-5-9(13)18-8/h4-5,7H,6H2,1-3H3,(H,14,17). The quantitative estimate of drug-likeness (QED) is 0.904. The van der Waals surface area contributed by atoms with Crippen molar-refractivity contribution in [2.75, 3.05) is 0 Å². The van der Waals surface area contributed by atoms with Crippen LogP contribution in [-0.2, 0) is 16.1 Å². The van der Waals surface area contributed by atoms with Crippen LogP contribution in [0.15, 0.2) is 12.1 Å². The first-order chi connectivity index (χ1) is 8.32. The van der Waals surface area contributed by atoms with E-state index in [9.17, 15) is 9.59 Å². The molecule has 98 valence electrons. The van der Waals surface area contributed by atoms with Gasteiger partial charge in [0, 0.05) is 4.88 Å². The molecular weight excluding hydrogens is 272 g/mol. The third kappa shape index (κ3) is 2.24. The summed E-state index contributed by atoms with van der Waals surface area (Å²) >= 11 is 7.31. The molecule has 6 heteroatoms. The minimum Gasteiger partial charge on any atom is -0.343 e. The van der Waals surface area contributed by atoms with Crippen molar-refractivity contribution in [3.05, 3.63) is 21.3 Å². The van der Waals surface area contributed by atoms with Gasteiger partial charge in [-0.2, -0.15) is 0 Å². The van der Waals surface area contributed by atoms with E-state index in [1.54, 1.807) is 31.7 Å². The molecule has 2 amide bonds. The Morgan fingerprint density at radius 1 is 1.44 bits per heavy atom. The third-order valence-electron chi connectivity index (χ3n) is 3.16. The molecule has 0 radical (unpaired) electrons. The first-order valence-corrected chi connectivity index (χ1v) is 6.88. The van der Waals surface area contributed by atoms with Gasteiger partial charge in [0.2, 0.25) is 11.8 Å². The van der Waals surface area contributed by atoms with E-state index in [2.05, 4.69) is 5.32 Å². The number of halogens is 1. The first kappa shape index (κ1) is 13.4. The fourth-order valence-corrected chi connectivity index (χ4v) is 3.01. The third-order valence-corrected chi connectivity index (χ3v) is 4.37. The van der Waals surface area contributed by atoms with E-state index in [1.807, 2.05) is 6.07 Å². The molecule has 4 nitrogen and oxygen atoms in total. The first-order valence-electron chi connectivity index (χ1n) is 5.69. The molecule has 2 heterocycles. The number of hydrogen-bond donors (Lipinski definition) is 1. The Morgan fingerprint density at radius 2 is 2.11 bits per heavy atom. The molecule has 1 aromatic rings. The van der Waals surface area contributed by atoms with Crippen molar-refractivity contribution in [1.29, 1.82) is 0 Å². The van der Waals surface area contributed by atoms with Crippen LogP contribution in [0.5, 0.6) is 0 Å². The van der Waals surface area contributed by atoms with E-state index in [-0.39, 0.29) is 11.8 Å². The maximum absolute atomic E-state index is 12.2. The number of carbonyl (C=O) groups excluding carboxylic acids is 2. The molecular formula is C12H15ClN2O2S. The summed E-state index contributed by atoms with van der Waals surface area (Å²) in [6.07, 6.45) is 0. The van der Waals surface area contributed by atoms with Gasteiger partial charge in [0.15, 0.2) is 0 Å². The van der Waals surface area contributed by atoms with E-state index >= 15 is 0 Å². The van der Waals surface area contributed by atoms with Gasteiger partial charge in [-0.05, 0) is 32.9 Å². The van der Waals surface area contributed by atoms with Crippen molar-refractivity contribution in [3.8, 4) is 0 Å². The van der Waals surface area contributed by atoms with Crippen molar-refractivity contribution in [2.24, 2.45) is 0 Å². The molecule has 0 saturated carbocycles. The zero-order valence-corrected chi connectivity index (χ0v) is 12.1. The Hall–Kier alpha value is -1.07. The topological polar surface area (TPSA) is 49.4 Å². The molecule has 1 saturated heterocycles. The number of amides is 2. The average Bonchev–Trinajstić information content (AvgIpc) is 2.68. The molecule has 0 aromatic carbocycles. The van der Waals surface area contributed by atoms with Crippen LogP contribution in [0.1, 0.15) is 25.6 Å². The molecule has 1 unspecified atom stereocenters. The molecule has 1 aliphatic rings. The van der Waals surface area contributed by atoms with Gasteiger partial charge in [-0.25, -0.2) is 0 Å². The fraction of sp³-hybridized carbons (Fsp3) is 0.500. The Kier molecular flexibility index (Phi) is 3.38. The van der Waals surface area contributed by atoms with Crippen LogP contribution in [0.2, 0.25) is 4.34 Å². The number of thiophene rings is 1. The van der Waals surface area contributed by atoms with Crippen LogP contribution in [0.3, 0.4) is 0 Å². The lowest BCUT2D eigenvalue weighted by Gasteiger charge is -2.43. The number of nitrogens with one attached hydrogen (secondary N) is 1. The Bertz CT molecular complexity index is 498. The lowest BCUT2D eigenvalue weighted by Crippen LogP contribution is -2.67. The smallest absolute Gasteiger partial charge is 0.246 e. The second-order valence-electron chi connectivity index (χ2n) is 4.88. The van der Waals surface area contributed by atoms with Gasteiger partial charge >= 0.3 is 0 Å². The van der Waals surface area contributed by atoms with Crippen LogP contribution >= 0.6 is 22.9 Å². The Morgan fingerprint density at radius 3 is 2.67 bits per heavy atom. The summed E-state index contributed by atoms with van der Waals surface area (Å²) < 4.78 is 0.685. The molecule has 0 aliphatic carbocycles. The maximum atomic E-state index is 12.2. The van der Waals surface area contributed by atoms with Gasteiger partial charge in [-0.3, -0.25) is 9.59 Å². The molecule has 0 bridgehead atoms. The Labute approximate surface area is 115 Å². The minimum atomic E-state index is -0.833. The van der Waals surface area contributed by atoms with Crippen LogP contribution in [0.4, 0.5) is 0 Å². The predicted octanol–water partition coefficient (Wildman–Crippen LogP) is 2.03. The average molecular weight is 287 g/mol. The van der Waals surface area contributed by atoms with Gasteiger partial charge in [0.1, 0.15) is 11.6 Å². The summed E-state index contributed by atoms with van der Waals surface area (Å²) in [5.74, 6) is -0.193. The van der Waals surface area contributed by atoms with Crippen LogP contribution < -0.4 is 5.32 Å². The molecule has 1 N–H and O–H groups in total. The van der Waals surface area contributed by atoms with Crippen molar-refractivity contribution in [1.82, 2.24) is 10.2 Å². The minimum absolute atomic E-state index is 0.0656. The van der Waals surface area contributed by atoms with Crippen molar-refractivity contribution in [2.45, 2.75) is 38.9 Å². The zero-order valence-electron chi connectivity index (χ0n) is 10.5. The summed E-state index contributed by atoms with van der Waals surface area (Å²) in [4.78, 5) is 26.7. The highest BCUT2D eigenvalue weighted by Crippen LogP contribution is 2.28. The largest absolute Gasteiger partial charge is 0.343 e. The lowest BCUT2D eigenvalue weighted by molar-refractivity contribution is -0.155. The highest BCUT2D eigenvalue weighted by atomic mass is 35.5. The van der Waals surface area contributed by atoms with Gasteiger partial charge in [-0.15, -0.1) is 11.3 Å². The van der Waals surface area contributed by atoms with Crippen LogP contribution in [0.25, 0.3) is 0 Å². The molecule has 18 heavy (non-hydrogen) atoms. The highest BCUT2D eigenvalue weighted by Gasteiger charge is 2.44. The number of hydrogen-bond acceptors (Lipinski definition) is 3. The molecule has 2 rings (SSSR count). The van der Waals surface area contributed by atoms with E-state index in [0.717, 1.165) is 4.88 Å². The lowest BCUT2D eigenvalue weighted by atomic mass is 9.96. The number of carbonyl (C=O) groups is 2. The normalized spacial score (nSPS) is 23.1. The van der Waals surface area contributed by atoms with Gasteiger partial charge in [0.25, 0.3) is 0 Å². The zero-order chi connectivity index (χ0) is 13.5. The van der Waals surface area contributed by atoms with Gasteiger partial charge in [-0.1, -0.05) is 11.6 Å². The SMILES string of the molecule is CC1NC(=O)C(C)(C)N(Cc2ccc(Cl)s2)C1=O. The molecule has 0 spiro atoms. The number of nitrogens with zero attached hydrogens (tertiary/aromatic N) is 1. The number of rotatable bonds is 2. The summed E-state index contributed by atoms with van der Waals surface area (Å²) in [5, 5.41) is 2.69. The van der Waals surface area contributed by atoms with Crippen LogP contribution in [0, 0.1) is 0 Å². The van der Waals surface area contributed by atoms with Crippen LogP contribution in [-0.4, -0.2) is 28.3 Å². The summed E-state index contributed by atoms with van der Waals surface area (Å²) in [7, 11) is 0. The number of piperazine rings is 1. The summed E-state index contributed by atoms with van der Waals surface area (Å²) in [5.41, 5.74) is -0.833. The van der Waals surface area contributed by atoms with Crippen molar-refractivity contribution < 1.29 is 9.59 Å². The van der Waals surface area contributed by atoms with E-state index in [0.29, 0.717) is 10.9 Å². The molecule has 1 aromatic heterocycles. The maximum Gasteiger partial charge on any atom is 0.246 e. The van der Waals surface area contributed by atoms with E-state index < -0.39 is 11.6 Å². The fourth-order valence-electron chi connectivity index (χ4n) is 1.93. The second-order valence-corrected chi connectivity index (χ2v) is 6.68. The van der Waals surface area contributed by atoms with E-state index in [1.165, 1.54) is 11.3 Å². The molecule has 1 fully saturated rings. The summed E-state index contributed by atoms with van der Waals surface area (Å²) in [6, 6.07) is 3.21. The Balaban J connectivity index is 2.27. The molecule has 1 aliphatic heterocycles. The van der Waals surface area contributed by atoms with Gasteiger partial charge in [0.05, 0.1) is 10.9 Å². The van der Waals surface area contributed by atoms with E-state index in [4.69, 9.17) is 11.6 Å². The van der Waals surface area contributed by atoms with Gasteiger partial charge < -0.3 is 10.2 Å². The highest BCUT2D eigenvalue weighted by molar-refractivity contribution is 7.16.